The number of hydrogen-bond donors (Lipinski definition) is 2. The Morgan fingerprint density at radius 3 is 2.36 bits per heavy atom. The van der Waals surface area contributed by atoms with Crippen molar-refractivity contribution < 1.29 is 27.4 Å². The van der Waals surface area contributed by atoms with Crippen LogP contribution in [0.2, 0.25) is 0 Å². The molecule has 0 bridgehead atoms. The van der Waals surface area contributed by atoms with E-state index in [4.69, 9.17) is 14.2 Å². The third kappa shape index (κ3) is 5.95. The number of fused-ring (bicyclic) bond motifs is 1. The first-order valence-corrected chi connectivity index (χ1v) is 12.5. The largest absolute Gasteiger partial charge is 0.486 e. The number of ether oxygens (including phenoxy) is 3. The number of hydrogen-bond acceptors (Lipinski definition) is 7. The summed E-state index contributed by atoms with van der Waals surface area (Å²) in [6.07, 6.45) is 0.367. The zero-order valence-corrected chi connectivity index (χ0v) is 19.6. The van der Waals surface area contributed by atoms with Gasteiger partial charge in [0.1, 0.15) is 13.2 Å². The van der Waals surface area contributed by atoms with Gasteiger partial charge in [-0.2, -0.15) is 0 Å². The van der Waals surface area contributed by atoms with Gasteiger partial charge in [-0.3, -0.25) is 14.4 Å². The van der Waals surface area contributed by atoms with Crippen LogP contribution >= 0.6 is 0 Å². The molecule has 2 aromatic carbocycles. The van der Waals surface area contributed by atoms with Gasteiger partial charge in [0, 0.05) is 43.5 Å². The monoisotopic (exact) mass is 475 g/mol. The van der Waals surface area contributed by atoms with Gasteiger partial charge in [0.25, 0.3) is 15.9 Å². The summed E-state index contributed by atoms with van der Waals surface area (Å²) in [4.78, 5) is 14.8. The highest BCUT2D eigenvalue weighted by Gasteiger charge is 2.22. The van der Waals surface area contributed by atoms with E-state index in [-0.39, 0.29) is 23.0 Å². The molecule has 1 amide bonds. The quantitative estimate of drug-likeness (QED) is 0.632. The Morgan fingerprint density at radius 1 is 1.00 bits per heavy atom. The van der Waals surface area contributed by atoms with Crippen LogP contribution in [-0.4, -0.2) is 70.8 Å². The molecule has 2 N–H and O–H groups in total. The van der Waals surface area contributed by atoms with Gasteiger partial charge in [-0.15, -0.1) is 0 Å². The second-order valence-electron chi connectivity index (χ2n) is 8.26. The van der Waals surface area contributed by atoms with E-state index in [1.54, 1.807) is 30.3 Å². The highest BCUT2D eigenvalue weighted by molar-refractivity contribution is 7.92. The second-order valence-corrected chi connectivity index (χ2v) is 9.94. The Hall–Kier alpha value is -2.82. The molecule has 1 saturated heterocycles. The maximum Gasteiger partial charge on any atom is 0.262 e. The molecule has 2 unspecified atom stereocenters. The number of rotatable bonds is 7. The zero-order valence-electron chi connectivity index (χ0n) is 18.7. The predicted octanol–water partition coefficient (Wildman–Crippen LogP) is 2.10. The lowest BCUT2D eigenvalue weighted by molar-refractivity contribution is -0.0672. The van der Waals surface area contributed by atoms with Crippen molar-refractivity contribution in [3.05, 3.63) is 48.0 Å². The number of amides is 1. The molecule has 33 heavy (non-hydrogen) atoms. The Balaban J connectivity index is 1.31. The first kappa shape index (κ1) is 23.3. The highest BCUT2D eigenvalue weighted by atomic mass is 32.2. The minimum absolute atomic E-state index is 0.0697. The number of nitrogens with one attached hydrogen (secondary N) is 2. The zero-order chi connectivity index (χ0) is 23.4. The average Bonchev–Trinajstić information content (AvgIpc) is 2.78. The SMILES string of the molecule is CC1CN(CCNC(=O)c2ccc(NS(=O)(=O)c3ccc4c(c3)OCCO4)cc2)CC(C)O1. The molecule has 2 aliphatic rings. The summed E-state index contributed by atoms with van der Waals surface area (Å²) in [7, 11) is -3.82. The summed E-state index contributed by atoms with van der Waals surface area (Å²) >= 11 is 0. The molecule has 1 fully saturated rings. The van der Waals surface area contributed by atoms with E-state index < -0.39 is 10.0 Å². The van der Waals surface area contributed by atoms with Crippen LogP contribution in [0.25, 0.3) is 0 Å². The first-order valence-electron chi connectivity index (χ1n) is 11.0. The van der Waals surface area contributed by atoms with Crippen molar-refractivity contribution in [2.75, 3.05) is 44.1 Å². The van der Waals surface area contributed by atoms with Crippen LogP contribution in [0.3, 0.4) is 0 Å². The minimum Gasteiger partial charge on any atom is -0.486 e. The molecular weight excluding hydrogens is 446 g/mol. The van der Waals surface area contributed by atoms with Crippen molar-refractivity contribution in [2.24, 2.45) is 0 Å². The van der Waals surface area contributed by atoms with Gasteiger partial charge in [0.15, 0.2) is 11.5 Å². The van der Waals surface area contributed by atoms with Crippen molar-refractivity contribution in [3.8, 4) is 11.5 Å². The normalized spacial score (nSPS) is 20.8. The van der Waals surface area contributed by atoms with Crippen LogP contribution in [-0.2, 0) is 14.8 Å². The number of carbonyl (C=O) groups is 1. The number of morpholine rings is 1. The topological polar surface area (TPSA) is 106 Å². The second kappa shape index (κ2) is 9.98. The molecule has 0 radical (unpaired) electrons. The van der Waals surface area contributed by atoms with Gasteiger partial charge >= 0.3 is 0 Å². The van der Waals surface area contributed by atoms with Crippen LogP contribution < -0.4 is 19.5 Å². The van der Waals surface area contributed by atoms with Crippen molar-refractivity contribution in [2.45, 2.75) is 31.0 Å². The summed E-state index contributed by atoms with van der Waals surface area (Å²) in [5, 5.41) is 2.91. The Morgan fingerprint density at radius 2 is 1.67 bits per heavy atom. The van der Waals surface area contributed by atoms with Gasteiger partial charge in [-0.05, 0) is 50.2 Å². The Kier molecular flexibility index (Phi) is 7.06. The third-order valence-electron chi connectivity index (χ3n) is 5.43. The van der Waals surface area contributed by atoms with Gasteiger partial charge < -0.3 is 19.5 Å². The van der Waals surface area contributed by atoms with Crippen LogP contribution in [0.4, 0.5) is 5.69 Å². The van der Waals surface area contributed by atoms with E-state index in [2.05, 4.69) is 14.9 Å². The minimum atomic E-state index is -3.82. The Labute approximate surface area is 194 Å². The van der Waals surface area contributed by atoms with Crippen molar-refractivity contribution >= 4 is 21.6 Å². The Bertz CT molecular complexity index is 1080. The molecule has 2 aromatic rings. The van der Waals surface area contributed by atoms with Crippen molar-refractivity contribution in [1.29, 1.82) is 0 Å². The summed E-state index contributed by atoms with van der Waals surface area (Å²) in [5.41, 5.74) is 0.818. The number of nitrogens with zero attached hydrogens (tertiary/aromatic N) is 1. The third-order valence-corrected chi connectivity index (χ3v) is 6.81. The van der Waals surface area contributed by atoms with Gasteiger partial charge in [0.05, 0.1) is 17.1 Å². The molecule has 0 aliphatic carbocycles. The van der Waals surface area contributed by atoms with Crippen molar-refractivity contribution in [1.82, 2.24) is 10.2 Å². The molecular formula is C23H29N3O6S. The van der Waals surface area contributed by atoms with Crippen LogP contribution in [0, 0.1) is 0 Å². The number of anilines is 1. The lowest BCUT2D eigenvalue weighted by Gasteiger charge is -2.35. The molecule has 9 nitrogen and oxygen atoms in total. The summed E-state index contributed by atoms with van der Waals surface area (Å²) in [6, 6.07) is 10.8. The van der Waals surface area contributed by atoms with Crippen LogP contribution in [0.15, 0.2) is 47.4 Å². The lowest BCUT2D eigenvalue weighted by Crippen LogP contribution is -2.47. The fourth-order valence-corrected chi connectivity index (χ4v) is 5.06. The molecule has 0 aromatic heterocycles. The molecule has 2 atom stereocenters. The molecule has 0 saturated carbocycles. The summed E-state index contributed by atoms with van der Waals surface area (Å²) < 4.78 is 44.6. The predicted molar refractivity (Wildman–Crippen MR) is 123 cm³/mol. The number of sulfonamides is 1. The number of benzene rings is 2. The van der Waals surface area contributed by atoms with E-state index >= 15 is 0 Å². The molecule has 178 valence electrons. The van der Waals surface area contributed by atoms with E-state index in [0.29, 0.717) is 42.5 Å². The summed E-state index contributed by atoms with van der Waals surface area (Å²) in [5.74, 6) is 0.718. The van der Waals surface area contributed by atoms with E-state index in [1.165, 1.54) is 12.1 Å². The van der Waals surface area contributed by atoms with E-state index in [9.17, 15) is 13.2 Å². The fraction of sp³-hybridized carbons (Fsp3) is 0.435. The average molecular weight is 476 g/mol. The molecule has 10 heteroatoms. The standard InChI is InChI=1S/C23H29N3O6S/c1-16-14-26(15-17(2)32-16)10-9-24-23(27)18-3-5-19(6-4-18)25-33(28,29)20-7-8-21-22(13-20)31-12-11-30-21/h3-8,13,16-17,25H,9-12,14-15H2,1-2H3,(H,24,27). The van der Waals surface area contributed by atoms with E-state index in [1.807, 2.05) is 13.8 Å². The fourth-order valence-electron chi connectivity index (χ4n) is 3.99. The summed E-state index contributed by atoms with van der Waals surface area (Å²) in [6.45, 7) is 7.86. The lowest BCUT2D eigenvalue weighted by atomic mass is 10.2. The molecule has 2 aliphatic heterocycles. The molecule has 2 heterocycles. The molecule has 4 rings (SSSR count). The smallest absolute Gasteiger partial charge is 0.262 e. The van der Waals surface area contributed by atoms with Crippen LogP contribution in [0.1, 0.15) is 24.2 Å². The maximum absolute atomic E-state index is 12.7. The van der Waals surface area contributed by atoms with Gasteiger partial charge in [-0.25, -0.2) is 8.42 Å². The molecule has 0 spiro atoms. The number of carbonyl (C=O) groups excluding carboxylic acids is 1. The highest BCUT2D eigenvalue weighted by Crippen LogP contribution is 2.32. The van der Waals surface area contributed by atoms with Crippen molar-refractivity contribution in [3.63, 3.8) is 0 Å². The van der Waals surface area contributed by atoms with Gasteiger partial charge in [0.2, 0.25) is 0 Å². The van der Waals surface area contributed by atoms with Crippen LogP contribution in [0.5, 0.6) is 11.5 Å². The van der Waals surface area contributed by atoms with E-state index in [0.717, 1.165) is 19.6 Å². The first-order chi connectivity index (χ1) is 15.8. The maximum atomic E-state index is 12.7. The van der Waals surface area contributed by atoms with Gasteiger partial charge in [-0.1, -0.05) is 0 Å².